The average Bonchev–Trinajstić information content (AvgIpc) is 3.65. The molecule has 1 saturated heterocycles. The number of carbonyl (C=O) groups is 3. The smallest absolute Gasteiger partial charge is 0.412 e. The Morgan fingerprint density at radius 2 is 1.85 bits per heavy atom. The van der Waals surface area contributed by atoms with Gasteiger partial charge in [-0.25, -0.2) is 9.59 Å². The number of nitrogens with one attached hydrogen (secondary N) is 2. The van der Waals surface area contributed by atoms with Crippen molar-refractivity contribution in [1.29, 1.82) is 0 Å². The number of anilines is 1. The van der Waals surface area contributed by atoms with Crippen LogP contribution in [-0.4, -0.2) is 70.5 Å². The van der Waals surface area contributed by atoms with Crippen molar-refractivity contribution in [1.82, 2.24) is 20.1 Å². The molecular weight excluding hydrogens is 514 g/mol. The van der Waals surface area contributed by atoms with Gasteiger partial charge in [0.15, 0.2) is 5.78 Å². The topological polar surface area (TPSA) is 104 Å². The Morgan fingerprint density at radius 3 is 2.51 bits per heavy atom. The maximum Gasteiger partial charge on any atom is 0.412 e. The van der Waals surface area contributed by atoms with Crippen LogP contribution in [0.5, 0.6) is 0 Å². The Bertz CT molecular complexity index is 1120. The van der Waals surface area contributed by atoms with E-state index in [9.17, 15) is 14.4 Å². The lowest BCUT2D eigenvalue weighted by atomic mass is 10.1. The summed E-state index contributed by atoms with van der Waals surface area (Å²) in [7, 11) is 0. The summed E-state index contributed by atoms with van der Waals surface area (Å²) >= 11 is 1.41. The van der Waals surface area contributed by atoms with E-state index in [2.05, 4.69) is 20.5 Å². The molecule has 2 aromatic rings. The van der Waals surface area contributed by atoms with Crippen molar-refractivity contribution in [3.05, 3.63) is 45.9 Å². The molecule has 0 aromatic carbocycles. The maximum absolute atomic E-state index is 13.1. The molecule has 0 atom stereocenters. The molecule has 0 radical (unpaired) electrons. The molecule has 1 aliphatic heterocycles. The highest BCUT2D eigenvalue weighted by atomic mass is 32.1. The molecule has 39 heavy (non-hydrogen) atoms. The van der Waals surface area contributed by atoms with Gasteiger partial charge in [-0.3, -0.25) is 15.1 Å². The standard InChI is InChI=1S/C29H41N5O4S/c1-29(2,3)38-28(37)32-25-20-39-19-22(25)16-26(35)24-11-10-21(17-30-24)18-34(15-14-33-12-6-7-13-33)27(36)31-23-8-4-5-9-23/h10-11,17,19-20,23H,4-9,12-16,18H2,1-3H3,(H,31,36)(H,32,37). The average molecular weight is 556 g/mol. The van der Waals surface area contributed by atoms with E-state index >= 15 is 0 Å². The number of amides is 3. The number of thiophene rings is 1. The van der Waals surface area contributed by atoms with Gasteiger partial charge in [-0.15, -0.1) is 11.3 Å². The molecule has 0 spiro atoms. The zero-order valence-corrected chi connectivity index (χ0v) is 24.1. The number of ether oxygens (including phenoxy) is 1. The van der Waals surface area contributed by atoms with Crippen LogP contribution in [0.1, 0.15) is 80.9 Å². The van der Waals surface area contributed by atoms with E-state index in [4.69, 9.17) is 4.74 Å². The number of nitrogens with zero attached hydrogens (tertiary/aromatic N) is 3. The molecule has 1 aliphatic carbocycles. The SMILES string of the molecule is CC(C)(C)OC(=O)Nc1cscc1CC(=O)c1ccc(CN(CCN2CCCC2)C(=O)NC2CCCC2)cn1. The number of pyridine rings is 1. The summed E-state index contributed by atoms with van der Waals surface area (Å²) < 4.78 is 5.32. The number of rotatable bonds is 10. The number of urea groups is 1. The van der Waals surface area contributed by atoms with Crippen molar-refractivity contribution in [2.75, 3.05) is 31.5 Å². The zero-order chi connectivity index (χ0) is 27.8. The highest BCUT2D eigenvalue weighted by molar-refractivity contribution is 7.08. The fourth-order valence-corrected chi connectivity index (χ4v) is 5.80. The molecule has 2 N–H and O–H groups in total. The van der Waals surface area contributed by atoms with Crippen molar-refractivity contribution in [3.63, 3.8) is 0 Å². The first kappa shape index (κ1) is 29.0. The highest BCUT2D eigenvalue weighted by Gasteiger charge is 2.23. The lowest BCUT2D eigenvalue weighted by Crippen LogP contribution is -2.46. The number of Topliss-reactive ketones (excluding diaryl/α,β-unsaturated/α-hetero) is 1. The summed E-state index contributed by atoms with van der Waals surface area (Å²) in [6.45, 7) is 9.55. The zero-order valence-electron chi connectivity index (χ0n) is 23.3. The van der Waals surface area contributed by atoms with Crippen molar-refractivity contribution < 1.29 is 19.1 Å². The van der Waals surface area contributed by atoms with Crippen LogP contribution >= 0.6 is 11.3 Å². The molecule has 2 fully saturated rings. The first-order valence-corrected chi connectivity index (χ1v) is 14.9. The summed E-state index contributed by atoms with van der Waals surface area (Å²) in [5, 5.41) is 9.58. The molecule has 2 aliphatic rings. The second-order valence-corrected chi connectivity index (χ2v) is 12.2. The van der Waals surface area contributed by atoms with E-state index in [-0.39, 0.29) is 24.3 Å². The summed E-state index contributed by atoms with van der Waals surface area (Å²) in [4.78, 5) is 47.0. The normalized spacial score (nSPS) is 16.3. The number of carbonyl (C=O) groups excluding carboxylic acids is 3. The first-order chi connectivity index (χ1) is 18.7. The minimum Gasteiger partial charge on any atom is -0.444 e. The van der Waals surface area contributed by atoms with Crippen LogP contribution in [0.4, 0.5) is 15.3 Å². The minimum absolute atomic E-state index is 0.0243. The van der Waals surface area contributed by atoms with Gasteiger partial charge in [0.05, 0.1) is 5.69 Å². The van der Waals surface area contributed by atoms with Gasteiger partial charge in [0.1, 0.15) is 11.3 Å². The van der Waals surface area contributed by atoms with Crippen LogP contribution < -0.4 is 10.6 Å². The second-order valence-electron chi connectivity index (χ2n) is 11.5. The fourth-order valence-electron chi connectivity index (χ4n) is 5.01. The summed E-state index contributed by atoms with van der Waals surface area (Å²) in [6.07, 6.45) is 8.12. The Kier molecular flexibility index (Phi) is 9.96. The van der Waals surface area contributed by atoms with Gasteiger partial charge >= 0.3 is 12.1 Å². The van der Waals surface area contributed by atoms with E-state index in [0.717, 1.165) is 43.6 Å². The molecule has 212 valence electrons. The summed E-state index contributed by atoms with van der Waals surface area (Å²) in [5.74, 6) is -0.142. The maximum atomic E-state index is 13.1. The quantitative estimate of drug-likeness (QED) is 0.377. The van der Waals surface area contributed by atoms with E-state index in [1.54, 1.807) is 38.4 Å². The molecule has 0 bridgehead atoms. The van der Waals surface area contributed by atoms with Gasteiger partial charge in [-0.2, -0.15) is 0 Å². The lowest BCUT2D eigenvalue weighted by Gasteiger charge is -2.27. The monoisotopic (exact) mass is 555 g/mol. The second kappa shape index (κ2) is 13.4. The van der Waals surface area contributed by atoms with Gasteiger partial charge < -0.3 is 19.9 Å². The van der Waals surface area contributed by atoms with E-state index in [0.29, 0.717) is 24.5 Å². The van der Waals surface area contributed by atoms with Crippen LogP contribution in [0.2, 0.25) is 0 Å². The van der Waals surface area contributed by atoms with Crippen LogP contribution in [0.3, 0.4) is 0 Å². The number of hydrogen-bond donors (Lipinski definition) is 2. The van der Waals surface area contributed by atoms with Crippen LogP contribution in [0.25, 0.3) is 0 Å². The minimum atomic E-state index is -0.608. The third kappa shape index (κ3) is 9.03. The Morgan fingerprint density at radius 1 is 1.10 bits per heavy atom. The van der Waals surface area contributed by atoms with Gasteiger partial charge in [0, 0.05) is 43.7 Å². The summed E-state index contributed by atoms with van der Waals surface area (Å²) in [6, 6.07) is 3.83. The molecule has 10 heteroatoms. The fraction of sp³-hybridized carbons (Fsp3) is 0.586. The molecular formula is C29H41N5O4S. The van der Waals surface area contributed by atoms with Gasteiger partial charge in [-0.1, -0.05) is 18.9 Å². The van der Waals surface area contributed by atoms with Crippen molar-refractivity contribution >= 4 is 34.9 Å². The molecule has 0 unspecified atom stereocenters. The predicted molar refractivity (Wildman–Crippen MR) is 153 cm³/mol. The molecule has 2 aromatic heterocycles. The van der Waals surface area contributed by atoms with Gasteiger partial charge in [-0.05, 0) is 82.1 Å². The molecule has 3 heterocycles. The largest absolute Gasteiger partial charge is 0.444 e. The predicted octanol–water partition coefficient (Wildman–Crippen LogP) is 5.47. The molecule has 9 nitrogen and oxygen atoms in total. The van der Waals surface area contributed by atoms with Crippen LogP contribution in [0.15, 0.2) is 29.1 Å². The van der Waals surface area contributed by atoms with Crippen molar-refractivity contribution in [3.8, 4) is 0 Å². The molecule has 1 saturated carbocycles. The Hall–Kier alpha value is -2.98. The van der Waals surface area contributed by atoms with Gasteiger partial charge in [0.2, 0.25) is 0 Å². The van der Waals surface area contributed by atoms with E-state index in [1.807, 2.05) is 16.3 Å². The Labute approximate surface area is 235 Å². The van der Waals surface area contributed by atoms with Crippen molar-refractivity contribution in [2.45, 2.75) is 83.9 Å². The third-order valence-electron chi connectivity index (χ3n) is 7.07. The summed E-state index contributed by atoms with van der Waals surface area (Å²) in [5.41, 5.74) is 1.92. The van der Waals surface area contributed by atoms with Crippen LogP contribution in [-0.2, 0) is 17.7 Å². The van der Waals surface area contributed by atoms with Crippen molar-refractivity contribution in [2.24, 2.45) is 0 Å². The number of ketones is 1. The number of likely N-dealkylation sites (tertiary alicyclic amines) is 1. The first-order valence-electron chi connectivity index (χ1n) is 14.0. The molecule has 3 amide bonds. The number of aromatic nitrogens is 1. The third-order valence-corrected chi connectivity index (χ3v) is 7.86. The lowest BCUT2D eigenvalue weighted by molar-refractivity contribution is 0.0635. The number of hydrogen-bond acceptors (Lipinski definition) is 7. The van der Waals surface area contributed by atoms with Gasteiger partial charge in [0.25, 0.3) is 0 Å². The molecule has 4 rings (SSSR count). The highest BCUT2D eigenvalue weighted by Crippen LogP contribution is 2.24. The Balaban J connectivity index is 1.35. The van der Waals surface area contributed by atoms with Crippen LogP contribution in [0, 0.1) is 0 Å². The van der Waals surface area contributed by atoms with E-state index < -0.39 is 11.7 Å². The van der Waals surface area contributed by atoms with E-state index in [1.165, 1.54) is 37.0 Å².